The van der Waals surface area contributed by atoms with Gasteiger partial charge in [0, 0.05) is 24.5 Å². The molecular formula is C18H23N5O2. The monoisotopic (exact) mass is 341 g/mol. The Labute approximate surface area is 146 Å². The van der Waals surface area contributed by atoms with Crippen LogP contribution in [-0.4, -0.2) is 41.2 Å². The Balaban J connectivity index is 1.39. The van der Waals surface area contributed by atoms with Crippen LogP contribution in [0.25, 0.3) is 5.69 Å². The molecule has 1 fully saturated rings. The number of nitrogens with one attached hydrogen (secondary N) is 3. The van der Waals surface area contributed by atoms with Crippen molar-refractivity contribution in [2.75, 3.05) is 25.0 Å². The van der Waals surface area contributed by atoms with Gasteiger partial charge < -0.3 is 16.0 Å². The fourth-order valence-corrected chi connectivity index (χ4v) is 2.89. The molecule has 132 valence electrons. The van der Waals surface area contributed by atoms with Crippen LogP contribution in [0.4, 0.5) is 5.69 Å². The third kappa shape index (κ3) is 5.15. The molecule has 25 heavy (non-hydrogen) atoms. The number of anilines is 1. The average molecular weight is 341 g/mol. The van der Waals surface area contributed by atoms with Gasteiger partial charge in [-0.2, -0.15) is 5.10 Å². The van der Waals surface area contributed by atoms with Crippen molar-refractivity contribution in [2.24, 2.45) is 5.92 Å². The number of carbonyl (C=O) groups excluding carboxylic acids is 2. The first-order chi connectivity index (χ1) is 12.2. The number of benzene rings is 1. The minimum atomic E-state index is -0.234. The second kappa shape index (κ2) is 8.43. The zero-order valence-corrected chi connectivity index (χ0v) is 14.1. The van der Waals surface area contributed by atoms with Crippen LogP contribution in [0.3, 0.4) is 0 Å². The fourth-order valence-electron chi connectivity index (χ4n) is 2.89. The molecule has 1 aliphatic rings. The summed E-state index contributed by atoms with van der Waals surface area (Å²) in [6, 6.07) is 9.21. The van der Waals surface area contributed by atoms with Gasteiger partial charge in [0.15, 0.2) is 0 Å². The number of carbonyl (C=O) groups is 2. The van der Waals surface area contributed by atoms with Gasteiger partial charge in [0.05, 0.1) is 12.2 Å². The minimum Gasteiger partial charge on any atom is -0.347 e. The number of amides is 2. The molecule has 3 rings (SSSR count). The maximum Gasteiger partial charge on any atom is 0.243 e. The van der Waals surface area contributed by atoms with E-state index in [-0.39, 0.29) is 18.4 Å². The van der Waals surface area contributed by atoms with E-state index in [1.807, 2.05) is 36.5 Å². The van der Waals surface area contributed by atoms with Gasteiger partial charge in [-0.3, -0.25) is 9.59 Å². The van der Waals surface area contributed by atoms with E-state index in [9.17, 15) is 9.59 Å². The van der Waals surface area contributed by atoms with E-state index in [1.54, 1.807) is 10.9 Å². The lowest BCUT2D eigenvalue weighted by Crippen LogP contribution is -2.33. The van der Waals surface area contributed by atoms with E-state index in [2.05, 4.69) is 21.0 Å². The topological polar surface area (TPSA) is 88.0 Å². The normalized spacial score (nSPS) is 16.6. The van der Waals surface area contributed by atoms with Gasteiger partial charge >= 0.3 is 0 Å². The first kappa shape index (κ1) is 17.2. The van der Waals surface area contributed by atoms with Gasteiger partial charge in [0.2, 0.25) is 11.8 Å². The molecule has 1 saturated heterocycles. The summed E-state index contributed by atoms with van der Waals surface area (Å²) in [5.74, 6) is 0.270. The smallest absolute Gasteiger partial charge is 0.243 e. The summed E-state index contributed by atoms with van der Waals surface area (Å²) in [5.41, 5.74) is 1.60. The zero-order valence-electron chi connectivity index (χ0n) is 14.1. The summed E-state index contributed by atoms with van der Waals surface area (Å²) in [6.07, 6.45) is 6.03. The van der Waals surface area contributed by atoms with E-state index >= 15 is 0 Å². The summed E-state index contributed by atoms with van der Waals surface area (Å²) in [6.45, 7) is 2.01. The quantitative estimate of drug-likeness (QED) is 0.709. The number of hydrogen-bond acceptors (Lipinski definition) is 4. The van der Waals surface area contributed by atoms with Crippen molar-refractivity contribution in [3.05, 3.63) is 42.7 Å². The molecule has 2 aromatic rings. The van der Waals surface area contributed by atoms with Crippen molar-refractivity contribution >= 4 is 17.5 Å². The zero-order chi connectivity index (χ0) is 17.5. The van der Waals surface area contributed by atoms with Crippen molar-refractivity contribution in [2.45, 2.75) is 19.3 Å². The molecule has 0 saturated carbocycles. The molecule has 1 aliphatic heterocycles. The van der Waals surface area contributed by atoms with Gasteiger partial charge in [-0.05, 0) is 62.2 Å². The summed E-state index contributed by atoms with van der Waals surface area (Å²) < 4.78 is 1.74. The molecule has 1 aromatic carbocycles. The third-order valence-electron chi connectivity index (χ3n) is 4.31. The van der Waals surface area contributed by atoms with E-state index in [0.717, 1.165) is 31.6 Å². The number of aromatic nitrogens is 2. The van der Waals surface area contributed by atoms with Gasteiger partial charge in [-0.15, -0.1) is 0 Å². The Morgan fingerprint density at radius 2 is 2.08 bits per heavy atom. The van der Waals surface area contributed by atoms with Crippen molar-refractivity contribution < 1.29 is 9.59 Å². The summed E-state index contributed by atoms with van der Waals surface area (Å²) in [7, 11) is 0. The summed E-state index contributed by atoms with van der Waals surface area (Å²) in [5, 5.41) is 12.9. The van der Waals surface area contributed by atoms with Crippen LogP contribution in [0, 0.1) is 5.92 Å². The molecule has 7 nitrogen and oxygen atoms in total. The highest BCUT2D eigenvalue weighted by Crippen LogP contribution is 2.14. The Morgan fingerprint density at radius 3 is 2.76 bits per heavy atom. The summed E-state index contributed by atoms with van der Waals surface area (Å²) >= 11 is 0. The van der Waals surface area contributed by atoms with E-state index < -0.39 is 0 Å². The van der Waals surface area contributed by atoms with Crippen molar-refractivity contribution in [3.8, 4) is 5.69 Å². The number of nitrogens with zero attached hydrogens (tertiary/aromatic N) is 2. The maximum atomic E-state index is 11.9. The molecule has 0 spiro atoms. The van der Waals surface area contributed by atoms with E-state index in [0.29, 0.717) is 18.0 Å². The van der Waals surface area contributed by atoms with Crippen LogP contribution in [0.5, 0.6) is 0 Å². The predicted octanol–water partition coefficient (Wildman–Crippen LogP) is 1.32. The lowest BCUT2D eigenvalue weighted by Gasteiger charge is -2.09. The second-order valence-corrected chi connectivity index (χ2v) is 6.22. The molecule has 0 radical (unpaired) electrons. The molecule has 0 bridgehead atoms. The number of rotatable bonds is 7. The Morgan fingerprint density at radius 1 is 1.24 bits per heavy atom. The highest BCUT2D eigenvalue weighted by atomic mass is 16.2. The molecule has 7 heteroatoms. The van der Waals surface area contributed by atoms with Gasteiger partial charge in [-0.25, -0.2) is 4.68 Å². The second-order valence-electron chi connectivity index (χ2n) is 6.22. The number of hydrogen-bond donors (Lipinski definition) is 3. The fraction of sp³-hybridized carbons (Fsp3) is 0.389. The molecule has 3 N–H and O–H groups in total. The molecular weight excluding hydrogens is 318 g/mol. The Hall–Kier alpha value is -2.67. The predicted molar refractivity (Wildman–Crippen MR) is 95.4 cm³/mol. The Kier molecular flexibility index (Phi) is 5.79. The van der Waals surface area contributed by atoms with Crippen LogP contribution in [0.2, 0.25) is 0 Å². The van der Waals surface area contributed by atoms with Crippen LogP contribution >= 0.6 is 0 Å². The molecule has 0 aliphatic carbocycles. The van der Waals surface area contributed by atoms with Crippen molar-refractivity contribution in [1.29, 1.82) is 0 Å². The van der Waals surface area contributed by atoms with Crippen molar-refractivity contribution in [3.63, 3.8) is 0 Å². The average Bonchev–Trinajstić information content (AvgIpc) is 3.32. The molecule has 1 aromatic heterocycles. The van der Waals surface area contributed by atoms with E-state index in [4.69, 9.17) is 0 Å². The highest BCUT2D eigenvalue weighted by Gasteiger charge is 2.15. The highest BCUT2D eigenvalue weighted by molar-refractivity contribution is 5.94. The SMILES string of the molecule is O=C(CCC1CCNC1)NCC(=O)Nc1ccc(-n2cccn2)cc1. The van der Waals surface area contributed by atoms with Crippen LogP contribution in [0.1, 0.15) is 19.3 Å². The third-order valence-corrected chi connectivity index (χ3v) is 4.31. The van der Waals surface area contributed by atoms with Gasteiger partial charge in [-0.1, -0.05) is 0 Å². The largest absolute Gasteiger partial charge is 0.347 e. The lowest BCUT2D eigenvalue weighted by molar-refractivity contribution is -0.124. The molecule has 1 unspecified atom stereocenters. The summed E-state index contributed by atoms with van der Waals surface area (Å²) in [4.78, 5) is 23.7. The van der Waals surface area contributed by atoms with E-state index in [1.165, 1.54) is 0 Å². The van der Waals surface area contributed by atoms with Gasteiger partial charge in [0.1, 0.15) is 0 Å². The van der Waals surface area contributed by atoms with Gasteiger partial charge in [0.25, 0.3) is 0 Å². The van der Waals surface area contributed by atoms with Crippen LogP contribution in [-0.2, 0) is 9.59 Å². The molecule has 2 amide bonds. The minimum absolute atomic E-state index is 0.0113. The van der Waals surface area contributed by atoms with Crippen LogP contribution in [0.15, 0.2) is 42.7 Å². The lowest BCUT2D eigenvalue weighted by atomic mass is 10.0. The molecule has 1 atom stereocenters. The first-order valence-corrected chi connectivity index (χ1v) is 8.58. The standard InChI is InChI=1S/C18H23N5O2/c24-17(7-2-14-8-10-19-12-14)20-13-18(25)22-15-3-5-16(6-4-15)23-11-1-9-21-23/h1,3-6,9,11,14,19H,2,7-8,10,12-13H2,(H,20,24)(H,22,25). The Bertz CT molecular complexity index is 691. The van der Waals surface area contributed by atoms with Crippen LogP contribution < -0.4 is 16.0 Å². The van der Waals surface area contributed by atoms with Crippen molar-refractivity contribution in [1.82, 2.24) is 20.4 Å². The first-order valence-electron chi connectivity index (χ1n) is 8.58. The maximum absolute atomic E-state index is 11.9. The molecule has 2 heterocycles.